The van der Waals surface area contributed by atoms with Gasteiger partial charge in [-0.05, 0) is 42.2 Å². The van der Waals surface area contributed by atoms with Gasteiger partial charge in [0.15, 0.2) is 0 Å². The highest BCUT2D eigenvalue weighted by molar-refractivity contribution is 9.09. The minimum Gasteiger partial charge on any atom is -0.263 e. The topological polar surface area (TPSA) is 12.9 Å². The highest BCUT2D eigenvalue weighted by atomic mass is 79.9. The first kappa shape index (κ1) is 13.5. The van der Waals surface area contributed by atoms with Crippen LogP contribution < -0.4 is 0 Å². The van der Waals surface area contributed by atoms with Gasteiger partial charge in [-0.2, -0.15) is 0 Å². The fraction of sp³-hybridized carbons (Fsp3) is 0.214. The summed E-state index contributed by atoms with van der Waals surface area (Å²) in [6.45, 7) is 1.76. The van der Waals surface area contributed by atoms with Crippen molar-refractivity contribution in [1.29, 1.82) is 0 Å². The lowest BCUT2D eigenvalue weighted by atomic mass is 10.0. The second kappa shape index (κ2) is 5.81. The van der Waals surface area contributed by atoms with Crippen molar-refractivity contribution in [1.82, 2.24) is 4.98 Å². The molecule has 0 N–H and O–H groups in total. The maximum atomic E-state index is 13.2. The van der Waals surface area contributed by atoms with Crippen LogP contribution in [0, 0.1) is 12.7 Å². The Balaban J connectivity index is 2.19. The lowest BCUT2D eigenvalue weighted by Crippen LogP contribution is -1.98. The summed E-state index contributed by atoms with van der Waals surface area (Å²) in [5.41, 5.74) is 2.72. The second-order valence-electron chi connectivity index (χ2n) is 4.15. The molecular formula is C14H12BrClFN. The van der Waals surface area contributed by atoms with E-state index in [0.29, 0.717) is 10.6 Å². The number of nitrogens with zero attached hydrogens (tertiary/aromatic N) is 1. The van der Waals surface area contributed by atoms with Crippen LogP contribution in [0.25, 0.3) is 0 Å². The standard InChI is InChI=1S/C14H12BrClFN/c1-9-6-10(2-3-14(9)17)12(15)7-11-4-5-18-8-13(11)16/h2-6,8,12H,7H2,1H3. The molecule has 0 saturated carbocycles. The zero-order valence-electron chi connectivity index (χ0n) is 9.83. The zero-order chi connectivity index (χ0) is 13.1. The SMILES string of the molecule is Cc1cc(C(Br)Cc2ccncc2Cl)ccc1F. The van der Waals surface area contributed by atoms with E-state index in [1.165, 1.54) is 6.07 Å². The van der Waals surface area contributed by atoms with E-state index < -0.39 is 0 Å². The number of aromatic nitrogens is 1. The lowest BCUT2D eigenvalue weighted by molar-refractivity contribution is 0.617. The molecule has 1 aromatic carbocycles. The van der Waals surface area contributed by atoms with Crippen molar-refractivity contribution in [2.45, 2.75) is 18.2 Å². The Morgan fingerprint density at radius 2 is 2.17 bits per heavy atom. The molecule has 0 radical (unpaired) electrons. The summed E-state index contributed by atoms with van der Waals surface area (Å²) in [5.74, 6) is -0.180. The van der Waals surface area contributed by atoms with Gasteiger partial charge in [-0.25, -0.2) is 4.39 Å². The number of halogens is 3. The van der Waals surface area contributed by atoms with Crippen LogP contribution >= 0.6 is 27.5 Å². The summed E-state index contributed by atoms with van der Waals surface area (Å²) < 4.78 is 13.2. The van der Waals surface area contributed by atoms with E-state index in [4.69, 9.17) is 11.6 Å². The number of pyridine rings is 1. The normalized spacial score (nSPS) is 12.4. The van der Waals surface area contributed by atoms with E-state index in [2.05, 4.69) is 20.9 Å². The van der Waals surface area contributed by atoms with Crippen LogP contribution in [0.2, 0.25) is 5.02 Å². The summed E-state index contributed by atoms with van der Waals surface area (Å²) in [6, 6.07) is 7.03. The molecule has 0 amide bonds. The molecular weight excluding hydrogens is 317 g/mol. The summed E-state index contributed by atoms with van der Waals surface area (Å²) in [5, 5.41) is 0.654. The summed E-state index contributed by atoms with van der Waals surface area (Å²) >= 11 is 9.68. The average molecular weight is 329 g/mol. The van der Waals surface area contributed by atoms with E-state index in [0.717, 1.165) is 17.5 Å². The number of rotatable bonds is 3. The molecule has 0 bridgehead atoms. The van der Waals surface area contributed by atoms with Crippen LogP contribution in [0.3, 0.4) is 0 Å². The van der Waals surface area contributed by atoms with Crippen LogP contribution in [-0.4, -0.2) is 4.98 Å². The molecule has 0 aliphatic rings. The first-order valence-electron chi connectivity index (χ1n) is 5.56. The molecule has 18 heavy (non-hydrogen) atoms. The highest BCUT2D eigenvalue weighted by Gasteiger charge is 2.12. The van der Waals surface area contributed by atoms with Gasteiger partial charge in [-0.3, -0.25) is 4.98 Å². The first-order valence-corrected chi connectivity index (χ1v) is 6.86. The third kappa shape index (κ3) is 3.09. The van der Waals surface area contributed by atoms with Crippen molar-refractivity contribution in [3.8, 4) is 0 Å². The third-order valence-electron chi connectivity index (χ3n) is 2.80. The van der Waals surface area contributed by atoms with Gasteiger partial charge in [0.25, 0.3) is 0 Å². The van der Waals surface area contributed by atoms with Crippen LogP contribution in [0.15, 0.2) is 36.7 Å². The van der Waals surface area contributed by atoms with Crippen LogP contribution in [0.4, 0.5) is 4.39 Å². The summed E-state index contributed by atoms with van der Waals surface area (Å²) in [4.78, 5) is 4.06. The van der Waals surface area contributed by atoms with Crippen molar-refractivity contribution < 1.29 is 4.39 Å². The molecule has 1 aromatic heterocycles. The van der Waals surface area contributed by atoms with Gasteiger partial charge in [0.1, 0.15) is 5.82 Å². The summed E-state index contributed by atoms with van der Waals surface area (Å²) in [6.07, 6.45) is 4.09. The van der Waals surface area contributed by atoms with Crippen molar-refractivity contribution in [3.05, 3.63) is 64.2 Å². The smallest absolute Gasteiger partial charge is 0.126 e. The molecule has 1 nitrogen and oxygen atoms in total. The zero-order valence-corrected chi connectivity index (χ0v) is 12.2. The summed E-state index contributed by atoms with van der Waals surface area (Å²) in [7, 11) is 0. The van der Waals surface area contributed by atoms with Gasteiger partial charge in [-0.1, -0.05) is 39.7 Å². The molecule has 94 valence electrons. The van der Waals surface area contributed by atoms with Gasteiger partial charge >= 0.3 is 0 Å². The molecule has 1 heterocycles. The van der Waals surface area contributed by atoms with Crippen LogP contribution in [0.1, 0.15) is 21.5 Å². The Labute approximate surface area is 119 Å². The fourth-order valence-corrected chi connectivity index (χ4v) is 2.57. The number of benzene rings is 1. The molecule has 0 spiro atoms. The molecule has 0 aliphatic heterocycles. The van der Waals surface area contributed by atoms with Gasteiger partial charge < -0.3 is 0 Å². The Hall–Kier alpha value is -0.930. The fourth-order valence-electron chi connectivity index (χ4n) is 1.74. The Morgan fingerprint density at radius 1 is 1.39 bits per heavy atom. The molecule has 2 rings (SSSR count). The minimum atomic E-state index is -0.180. The van der Waals surface area contributed by atoms with Crippen LogP contribution in [-0.2, 0) is 6.42 Å². The molecule has 1 unspecified atom stereocenters. The Bertz CT molecular complexity index is 559. The molecule has 0 saturated heterocycles. The molecule has 2 aromatic rings. The maximum Gasteiger partial charge on any atom is 0.126 e. The van der Waals surface area contributed by atoms with Gasteiger partial charge in [0.05, 0.1) is 5.02 Å². The quantitative estimate of drug-likeness (QED) is 0.733. The molecule has 0 fully saturated rings. The highest BCUT2D eigenvalue weighted by Crippen LogP contribution is 2.30. The first-order chi connectivity index (χ1) is 8.58. The second-order valence-corrected chi connectivity index (χ2v) is 5.66. The molecule has 0 aliphatic carbocycles. The van der Waals surface area contributed by atoms with E-state index in [9.17, 15) is 4.39 Å². The minimum absolute atomic E-state index is 0.108. The molecule has 4 heteroatoms. The van der Waals surface area contributed by atoms with E-state index in [-0.39, 0.29) is 10.6 Å². The van der Waals surface area contributed by atoms with Crippen molar-refractivity contribution in [3.63, 3.8) is 0 Å². The Kier molecular flexibility index (Phi) is 4.36. The number of hydrogen-bond donors (Lipinski definition) is 0. The van der Waals surface area contributed by atoms with E-state index in [1.54, 1.807) is 25.4 Å². The number of hydrogen-bond acceptors (Lipinski definition) is 1. The molecule has 1 atom stereocenters. The van der Waals surface area contributed by atoms with Gasteiger partial charge in [0.2, 0.25) is 0 Å². The van der Waals surface area contributed by atoms with Crippen molar-refractivity contribution in [2.24, 2.45) is 0 Å². The number of alkyl halides is 1. The van der Waals surface area contributed by atoms with Gasteiger partial charge in [0, 0.05) is 17.2 Å². The maximum absolute atomic E-state index is 13.2. The van der Waals surface area contributed by atoms with Gasteiger partial charge in [-0.15, -0.1) is 0 Å². The predicted octanol–water partition coefficient (Wildman–Crippen LogP) is 4.86. The van der Waals surface area contributed by atoms with Crippen LogP contribution in [0.5, 0.6) is 0 Å². The van der Waals surface area contributed by atoms with E-state index in [1.807, 2.05) is 12.1 Å². The van der Waals surface area contributed by atoms with Crippen molar-refractivity contribution in [2.75, 3.05) is 0 Å². The predicted molar refractivity (Wildman–Crippen MR) is 75.8 cm³/mol. The monoisotopic (exact) mass is 327 g/mol. The lowest BCUT2D eigenvalue weighted by Gasteiger charge is -2.12. The average Bonchev–Trinajstić information content (AvgIpc) is 2.35. The third-order valence-corrected chi connectivity index (χ3v) is 3.99. The number of aryl methyl sites for hydroxylation is 1. The largest absolute Gasteiger partial charge is 0.263 e. The Morgan fingerprint density at radius 3 is 2.83 bits per heavy atom. The van der Waals surface area contributed by atoms with Crippen molar-refractivity contribution >= 4 is 27.5 Å². The van der Waals surface area contributed by atoms with E-state index >= 15 is 0 Å².